The smallest absolute Gasteiger partial charge is 0.462 e. The maximum atomic E-state index is 13.2. The molecule has 208 valence electrons. The van der Waals surface area contributed by atoms with Gasteiger partial charge in [0.25, 0.3) is 0 Å². The predicted octanol–water partition coefficient (Wildman–Crippen LogP) is 6.19. The van der Waals surface area contributed by atoms with E-state index in [0.717, 1.165) is 17.3 Å². The van der Waals surface area contributed by atoms with Crippen LogP contribution in [0.4, 0.5) is 20.2 Å². The van der Waals surface area contributed by atoms with Crippen LogP contribution < -0.4 is 10.1 Å². The molecule has 0 radical (unpaired) electrons. The highest BCUT2D eigenvalue weighted by atomic mass is 35.5. The van der Waals surface area contributed by atoms with Crippen LogP contribution in [-0.4, -0.2) is 45.3 Å². The van der Waals surface area contributed by atoms with Crippen molar-refractivity contribution in [2.75, 3.05) is 11.9 Å². The van der Waals surface area contributed by atoms with Crippen LogP contribution in [0.3, 0.4) is 0 Å². The molecule has 1 aliphatic rings. The Morgan fingerprint density at radius 3 is 2.38 bits per heavy atom. The van der Waals surface area contributed by atoms with E-state index in [1.54, 1.807) is 19.1 Å². The topological polar surface area (TPSA) is 97.3 Å². The molecule has 0 aromatic heterocycles. The summed E-state index contributed by atoms with van der Waals surface area (Å²) in [6.45, 7) is 2.19. The van der Waals surface area contributed by atoms with E-state index in [1.807, 2.05) is 30.3 Å². The zero-order valence-corrected chi connectivity index (χ0v) is 22.8. The number of anilines is 1. The molecular formula is C28H24ClF2N3O5S. The summed E-state index contributed by atoms with van der Waals surface area (Å²) in [4.78, 5) is 44.3. The zero-order valence-electron chi connectivity index (χ0n) is 21.2. The molecule has 2 amide bonds. The number of rotatable bonds is 9. The molecule has 8 nitrogen and oxygen atoms in total. The van der Waals surface area contributed by atoms with Crippen LogP contribution in [0.5, 0.6) is 5.75 Å². The van der Waals surface area contributed by atoms with Crippen LogP contribution in [0.2, 0.25) is 0 Å². The summed E-state index contributed by atoms with van der Waals surface area (Å²) in [5, 5.41) is 2.25. The number of halogens is 3. The second-order valence-electron chi connectivity index (χ2n) is 8.50. The number of benzene rings is 3. The first-order valence-electron chi connectivity index (χ1n) is 12.1. The number of ether oxygens (including phenoxy) is 2. The van der Waals surface area contributed by atoms with Crippen LogP contribution in [0.1, 0.15) is 29.3 Å². The maximum absolute atomic E-state index is 13.2. The van der Waals surface area contributed by atoms with Gasteiger partial charge in [0.2, 0.25) is 11.8 Å². The lowest BCUT2D eigenvalue weighted by molar-refractivity contribution is -0.129. The molecule has 1 N–H and O–H groups in total. The van der Waals surface area contributed by atoms with Crippen LogP contribution in [-0.2, 0) is 20.9 Å². The molecular weight excluding hydrogens is 564 g/mol. The van der Waals surface area contributed by atoms with Gasteiger partial charge in [0, 0.05) is 23.7 Å². The molecule has 0 aliphatic carbocycles. The Labute approximate surface area is 238 Å². The summed E-state index contributed by atoms with van der Waals surface area (Å²) >= 11 is 5.93. The van der Waals surface area contributed by atoms with Crippen LogP contribution >= 0.6 is 23.4 Å². The molecule has 1 heterocycles. The Morgan fingerprint density at radius 2 is 1.75 bits per heavy atom. The van der Waals surface area contributed by atoms with Gasteiger partial charge in [-0.05, 0) is 61.0 Å². The number of nitrogens with one attached hydrogen (secondary N) is 1. The summed E-state index contributed by atoms with van der Waals surface area (Å²) in [6, 6.07) is 20.9. The Bertz CT molecular complexity index is 1380. The SMILES string of the molecule is CCOC(=O)c1ccc(NC(=O)C2CC(=O)N(Cc3ccccc3)C(=Nc3ccc(OC(F)(F)Cl)cc3)S2)cc1. The number of thioether (sulfide) groups is 1. The number of carbonyl (C=O) groups excluding carboxylic acids is 3. The molecule has 1 atom stereocenters. The van der Waals surface area contributed by atoms with Gasteiger partial charge in [-0.25, -0.2) is 9.79 Å². The molecule has 3 aromatic carbocycles. The van der Waals surface area contributed by atoms with E-state index in [9.17, 15) is 23.2 Å². The molecule has 1 saturated heterocycles. The number of hydrogen-bond donors (Lipinski definition) is 1. The fourth-order valence-electron chi connectivity index (χ4n) is 3.72. The Hall–Kier alpha value is -3.96. The quantitative estimate of drug-likeness (QED) is 0.237. The number of nitrogens with zero attached hydrogens (tertiary/aromatic N) is 2. The number of carbonyl (C=O) groups is 3. The largest absolute Gasteiger partial charge is 0.487 e. The van der Waals surface area contributed by atoms with Gasteiger partial charge in [0.15, 0.2) is 5.17 Å². The third kappa shape index (κ3) is 8.03. The van der Waals surface area contributed by atoms with Gasteiger partial charge in [-0.15, -0.1) is 8.78 Å². The molecule has 4 rings (SSSR count). The average molecular weight is 588 g/mol. The first-order chi connectivity index (χ1) is 19.1. The molecule has 12 heteroatoms. The van der Waals surface area contributed by atoms with Gasteiger partial charge in [-0.2, -0.15) is 0 Å². The van der Waals surface area contributed by atoms with Gasteiger partial charge >= 0.3 is 11.5 Å². The lowest BCUT2D eigenvalue weighted by Crippen LogP contribution is -2.44. The molecule has 1 unspecified atom stereocenters. The van der Waals surface area contributed by atoms with E-state index in [2.05, 4.69) is 15.0 Å². The van der Waals surface area contributed by atoms with Crippen LogP contribution in [0.25, 0.3) is 0 Å². The Kier molecular flexibility index (Phi) is 9.38. The highest BCUT2D eigenvalue weighted by molar-refractivity contribution is 8.15. The van der Waals surface area contributed by atoms with Crippen molar-refractivity contribution in [2.24, 2.45) is 4.99 Å². The summed E-state index contributed by atoms with van der Waals surface area (Å²) in [5.41, 5.74) is -1.84. The van der Waals surface area contributed by atoms with Crippen LogP contribution in [0, 0.1) is 0 Å². The average Bonchev–Trinajstić information content (AvgIpc) is 2.92. The number of aliphatic imine (C=N–C) groups is 1. The number of amides is 2. The van der Waals surface area contributed by atoms with Crippen molar-refractivity contribution in [3.8, 4) is 5.75 Å². The van der Waals surface area contributed by atoms with E-state index in [1.165, 1.54) is 41.3 Å². The highest BCUT2D eigenvalue weighted by Crippen LogP contribution is 2.32. The van der Waals surface area contributed by atoms with Crippen molar-refractivity contribution in [2.45, 2.75) is 30.7 Å². The van der Waals surface area contributed by atoms with Gasteiger partial charge in [-0.1, -0.05) is 42.1 Å². The Morgan fingerprint density at radius 1 is 1.07 bits per heavy atom. The zero-order chi connectivity index (χ0) is 28.7. The van der Waals surface area contributed by atoms with Gasteiger partial charge < -0.3 is 14.8 Å². The van der Waals surface area contributed by atoms with E-state index in [4.69, 9.17) is 16.3 Å². The van der Waals surface area contributed by atoms with Crippen molar-refractivity contribution in [1.82, 2.24) is 4.90 Å². The molecule has 1 aliphatic heterocycles. The monoisotopic (exact) mass is 587 g/mol. The van der Waals surface area contributed by atoms with E-state index < -0.39 is 22.7 Å². The fraction of sp³-hybridized carbons (Fsp3) is 0.214. The number of esters is 1. The fourth-order valence-corrected chi connectivity index (χ4v) is 4.91. The van der Waals surface area contributed by atoms with Crippen molar-refractivity contribution >= 4 is 57.7 Å². The van der Waals surface area contributed by atoms with Crippen molar-refractivity contribution in [1.29, 1.82) is 0 Å². The van der Waals surface area contributed by atoms with Gasteiger partial charge in [0.1, 0.15) is 11.0 Å². The Balaban J connectivity index is 1.54. The standard InChI is InChI=1S/C28H24ClF2N3O5S/c1-2-38-26(37)19-8-10-20(11-9-19)32-25(36)23-16-24(35)34(17-18-6-4-3-5-7-18)27(40-23)33-21-12-14-22(15-13-21)39-28(29,30)31/h3-15,23H,2,16-17H2,1H3,(H,32,36). The third-order valence-electron chi connectivity index (χ3n) is 5.57. The number of hydrogen-bond acceptors (Lipinski definition) is 7. The lowest BCUT2D eigenvalue weighted by Gasteiger charge is -2.32. The maximum Gasteiger partial charge on any atom is 0.487 e. The number of alkyl halides is 3. The van der Waals surface area contributed by atoms with Crippen molar-refractivity contribution in [3.05, 3.63) is 90.0 Å². The van der Waals surface area contributed by atoms with E-state index in [0.29, 0.717) is 16.9 Å². The summed E-state index contributed by atoms with van der Waals surface area (Å²) in [6.07, 6.45) is -0.0686. The number of amidine groups is 1. The van der Waals surface area contributed by atoms with E-state index >= 15 is 0 Å². The molecule has 0 saturated carbocycles. The minimum absolute atomic E-state index is 0.0686. The molecule has 3 aromatic rings. The minimum Gasteiger partial charge on any atom is -0.462 e. The molecule has 1 fully saturated rings. The first kappa shape index (κ1) is 29.0. The second-order valence-corrected chi connectivity index (χ2v) is 10.1. The third-order valence-corrected chi connectivity index (χ3v) is 6.84. The minimum atomic E-state index is -3.86. The lowest BCUT2D eigenvalue weighted by atomic mass is 10.2. The van der Waals surface area contributed by atoms with Crippen molar-refractivity contribution < 1.29 is 32.6 Å². The second kappa shape index (κ2) is 12.9. The summed E-state index contributed by atoms with van der Waals surface area (Å²) in [5.74, 6) is -1.35. The predicted molar refractivity (Wildman–Crippen MR) is 149 cm³/mol. The van der Waals surface area contributed by atoms with Crippen LogP contribution in [0.15, 0.2) is 83.9 Å². The molecule has 0 bridgehead atoms. The van der Waals surface area contributed by atoms with E-state index in [-0.39, 0.29) is 36.4 Å². The molecule has 40 heavy (non-hydrogen) atoms. The first-order valence-corrected chi connectivity index (χ1v) is 13.4. The summed E-state index contributed by atoms with van der Waals surface area (Å²) < 4.78 is 35.2. The normalized spacial score (nSPS) is 16.5. The highest BCUT2D eigenvalue weighted by Gasteiger charge is 2.36. The molecule has 0 spiro atoms. The van der Waals surface area contributed by atoms with Gasteiger partial charge in [0.05, 0.1) is 24.4 Å². The summed E-state index contributed by atoms with van der Waals surface area (Å²) in [7, 11) is 0. The van der Waals surface area contributed by atoms with Gasteiger partial charge in [-0.3, -0.25) is 14.5 Å². The van der Waals surface area contributed by atoms with Crippen molar-refractivity contribution in [3.63, 3.8) is 0 Å².